The highest BCUT2D eigenvalue weighted by Gasteiger charge is 2.09. The number of hydrogen-bond acceptors (Lipinski definition) is 7. The quantitative estimate of drug-likeness (QED) is 0.491. The number of nitrogens with one attached hydrogen (secondary N) is 2. The molecule has 3 rings (SSSR count). The van der Waals surface area contributed by atoms with Crippen LogP contribution in [0.4, 0.5) is 16.5 Å². The Morgan fingerprint density at radius 1 is 1.19 bits per heavy atom. The van der Waals surface area contributed by atoms with Gasteiger partial charge in [-0.2, -0.15) is 5.26 Å². The third-order valence-electron chi connectivity index (χ3n) is 3.33. The Kier molecular flexibility index (Phi) is 6.81. The highest BCUT2D eigenvalue weighted by molar-refractivity contribution is 9.10. The van der Waals surface area contributed by atoms with Gasteiger partial charge in [0.1, 0.15) is 0 Å². The summed E-state index contributed by atoms with van der Waals surface area (Å²) in [5.74, 6) is 0.121. The van der Waals surface area contributed by atoms with Crippen LogP contribution in [0.5, 0.6) is 0 Å². The Bertz CT molecular complexity index is 968. The third-order valence-corrected chi connectivity index (χ3v) is 5.80. The molecule has 0 aliphatic heterocycles. The van der Waals surface area contributed by atoms with Crippen LogP contribution in [0.2, 0.25) is 0 Å². The first-order valence-electron chi connectivity index (χ1n) is 7.87. The zero-order chi connectivity index (χ0) is 19.1. The lowest BCUT2D eigenvalue weighted by Crippen LogP contribution is -2.13. The maximum absolute atomic E-state index is 12.1. The Labute approximate surface area is 173 Å². The molecule has 0 fully saturated rings. The molecule has 1 heterocycles. The van der Waals surface area contributed by atoms with E-state index in [1.165, 1.54) is 23.1 Å². The van der Waals surface area contributed by atoms with Gasteiger partial charge in [-0.1, -0.05) is 57.2 Å². The lowest BCUT2D eigenvalue weighted by Gasteiger charge is -2.04. The first-order valence-corrected chi connectivity index (χ1v) is 10.5. The Hall–Kier alpha value is -2.41. The van der Waals surface area contributed by atoms with Crippen molar-refractivity contribution in [1.82, 2.24) is 10.2 Å². The summed E-state index contributed by atoms with van der Waals surface area (Å²) in [4.78, 5) is 12.1. The summed E-state index contributed by atoms with van der Waals surface area (Å²) in [6, 6.07) is 17.1. The van der Waals surface area contributed by atoms with Crippen molar-refractivity contribution >= 4 is 61.4 Å². The second-order valence-corrected chi connectivity index (χ2v) is 8.49. The molecule has 0 radical (unpaired) electrons. The van der Waals surface area contributed by atoms with Gasteiger partial charge in [-0.05, 0) is 35.9 Å². The fourth-order valence-corrected chi connectivity index (χ4v) is 4.10. The van der Waals surface area contributed by atoms with E-state index in [1.54, 1.807) is 12.1 Å². The molecule has 0 bridgehead atoms. The van der Waals surface area contributed by atoms with Crippen LogP contribution in [0.3, 0.4) is 0 Å². The molecule has 2 aromatic carbocycles. The number of thioether (sulfide) groups is 1. The number of rotatable bonds is 7. The van der Waals surface area contributed by atoms with Gasteiger partial charge in [0.05, 0.1) is 18.2 Å². The van der Waals surface area contributed by atoms with Crippen molar-refractivity contribution in [2.45, 2.75) is 10.8 Å². The number of carbonyl (C=O) groups is 1. The van der Waals surface area contributed by atoms with Crippen molar-refractivity contribution in [1.29, 1.82) is 5.26 Å². The predicted octanol–water partition coefficient (Wildman–Crippen LogP) is 4.84. The van der Waals surface area contributed by atoms with Gasteiger partial charge >= 0.3 is 0 Å². The number of nitriles is 1. The van der Waals surface area contributed by atoms with Crippen molar-refractivity contribution in [2.24, 2.45) is 0 Å². The first-order chi connectivity index (χ1) is 13.1. The summed E-state index contributed by atoms with van der Waals surface area (Å²) in [5.41, 5.74) is 2.54. The maximum Gasteiger partial charge on any atom is 0.234 e. The first kappa shape index (κ1) is 19.4. The van der Waals surface area contributed by atoms with E-state index in [0.717, 1.165) is 15.7 Å². The highest BCUT2D eigenvalue weighted by Crippen LogP contribution is 2.28. The zero-order valence-electron chi connectivity index (χ0n) is 14.0. The molecule has 136 valence electrons. The van der Waals surface area contributed by atoms with E-state index >= 15 is 0 Å². The molecule has 0 saturated carbocycles. The summed E-state index contributed by atoms with van der Waals surface area (Å²) in [6.45, 7) is 0. The number of benzene rings is 2. The van der Waals surface area contributed by atoms with Crippen molar-refractivity contribution in [3.63, 3.8) is 0 Å². The van der Waals surface area contributed by atoms with Gasteiger partial charge in [0.2, 0.25) is 11.0 Å². The van der Waals surface area contributed by atoms with Crippen LogP contribution in [0.15, 0.2) is 57.3 Å². The maximum atomic E-state index is 12.1. The molecule has 0 saturated heterocycles. The lowest BCUT2D eigenvalue weighted by molar-refractivity contribution is -0.113. The second-order valence-electron chi connectivity index (χ2n) is 5.38. The van der Waals surface area contributed by atoms with E-state index in [2.05, 4.69) is 42.8 Å². The second kappa shape index (κ2) is 9.50. The van der Waals surface area contributed by atoms with Gasteiger partial charge in [-0.15, -0.1) is 10.2 Å². The van der Waals surface area contributed by atoms with Crippen molar-refractivity contribution in [3.8, 4) is 6.07 Å². The van der Waals surface area contributed by atoms with Crippen molar-refractivity contribution in [3.05, 3.63) is 58.6 Å². The highest BCUT2D eigenvalue weighted by atomic mass is 79.9. The Morgan fingerprint density at radius 2 is 2.00 bits per heavy atom. The molecule has 2 N–H and O–H groups in total. The molecular weight excluding hydrogens is 446 g/mol. The molecular formula is C18H14BrN5OS2. The normalized spacial score (nSPS) is 10.2. The van der Waals surface area contributed by atoms with Gasteiger partial charge in [0, 0.05) is 15.8 Å². The van der Waals surface area contributed by atoms with E-state index in [0.29, 0.717) is 21.6 Å². The third kappa shape index (κ3) is 6.06. The minimum atomic E-state index is -0.121. The fourth-order valence-electron chi connectivity index (χ4n) is 2.13. The minimum absolute atomic E-state index is 0.121. The molecule has 1 amide bonds. The van der Waals surface area contributed by atoms with Crippen LogP contribution < -0.4 is 10.6 Å². The Morgan fingerprint density at radius 3 is 2.74 bits per heavy atom. The van der Waals surface area contributed by atoms with Crippen LogP contribution in [0.1, 0.15) is 5.56 Å². The standard InChI is InChI=1S/C18H14BrN5OS2/c19-13-2-1-3-15(10-13)22-17-23-24-18(27-17)26-11-16(25)21-14-6-4-12(5-7-14)8-9-20/h1-7,10H,8,11H2,(H,21,25)(H,22,23). The summed E-state index contributed by atoms with van der Waals surface area (Å²) >= 11 is 6.15. The summed E-state index contributed by atoms with van der Waals surface area (Å²) < 4.78 is 1.69. The van der Waals surface area contributed by atoms with Crippen molar-refractivity contribution in [2.75, 3.05) is 16.4 Å². The molecule has 27 heavy (non-hydrogen) atoms. The van der Waals surface area contributed by atoms with Crippen LogP contribution in [-0.2, 0) is 11.2 Å². The van der Waals surface area contributed by atoms with Gasteiger partial charge in [-0.25, -0.2) is 0 Å². The average molecular weight is 460 g/mol. The van der Waals surface area contributed by atoms with Crippen LogP contribution in [-0.4, -0.2) is 21.9 Å². The van der Waals surface area contributed by atoms with Crippen LogP contribution in [0.25, 0.3) is 0 Å². The fraction of sp³-hybridized carbons (Fsp3) is 0.111. The largest absolute Gasteiger partial charge is 0.330 e. The van der Waals surface area contributed by atoms with Gasteiger partial charge in [0.25, 0.3) is 0 Å². The van der Waals surface area contributed by atoms with Gasteiger partial charge in [-0.3, -0.25) is 4.79 Å². The summed E-state index contributed by atoms with van der Waals surface area (Å²) in [7, 11) is 0. The smallest absolute Gasteiger partial charge is 0.234 e. The number of anilines is 3. The molecule has 0 unspecified atom stereocenters. The average Bonchev–Trinajstić information content (AvgIpc) is 3.09. The van der Waals surface area contributed by atoms with E-state index in [9.17, 15) is 4.79 Å². The topological polar surface area (TPSA) is 90.7 Å². The number of hydrogen-bond donors (Lipinski definition) is 2. The van der Waals surface area contributed by atoms with E-state index < -0.39 is 0 Å². The Balaban J connectivity index is 1.49. The molecule has 3 aromatic rings. The lowest BCUT2D eigenvalue weighted by atomic mass is 10.1. The monoisotopic (exact) mass is 459 g/mol. The molecule has 0 aliphatic carbocycles. The van der Waals surface area contributed by atoms with Crippen molar-refractivity contribution < 1.29 is 4.79 Å². The van der Waals surface area contributed by atoms with Gasteiger partial charge < -0.3 is 10.6 Å². The molecule has 1 aromatic heterocycles. The molecule has 0 spiro atoms. The SMILES string of the molecule is N#CCc1ccc(NC(=O)CSc2nnc(Nc3cccc(Br)c3)s2)cc1. The number of halogens is 1. The van der Waals surface area contributed by atoms with E-state index in [4.69, 9.17) is 5.26 Å². The number of amides is 1. The van der Waals surface area contributed by atoms with Crippen LogP contribution >= 0.6 is 39.0 Å². The predicted molar refractivity (Wildman–Crippen MR) is 112 cm³/mol. The molecule has 0 aliphatic rings. The number of aromatic nitrogens is 2. The van der Waals surface area contributed by atoms with Crippen LogP contribution in [0, 0.1) is 11.3 Å². The summed E-state index contributed by atoms with van der Waals surface area (Å²) in [6.07, 6.45) is 0.359. The van der Waals surface area contributed by atoms with E-state index in [1.807, 2.05) is 36.4 Å². The van der Waals surface area contributed by atoms with E-state index in [-0.39, 0.29) is 11.7 Å². The minimum Gasteiger partial charge on any atom is -0.330 e. The summed E-state index contributed by atoms with van der Waals surface area (Å²) in [5, 5.41) is 23.5. The zero-order valence-corrected chi connectivity index (χ0v) is 17.2. The molecule has 6 nitrogen and oxygen atoms in total. The number of nitrogens with zero attached hydrogens (tertiary/aromatic N) is 3. The molecule has 0 atom stereocenters. The van der Waals surface area contributed by atoms with Gasteiger partial charge in [0.15, 0.2) is 4.34 Å². The molecule has 9 heteroatoms. The number of carbonyl (C=O) groups excluding carboxylic acids is 1.